The molecule has 0 saturated carbocycles. The Labute approximate surface area is 110 Å². The molecule has 1 aliphatic heterocycles. The van der Waals surface area contributed by atoms with Crippen LogP contribution in [0.2, 0.25) is 0 Å². The summed E-state index contributed by atoms with van der Waals surface area (Å²) in [4.78, 5) is 28.8. The standard InChI is InChI=1S/C13H16N2O4/c16-8-9-3-2-6-15(7-9)12(17)11-10(13(18)19)4-1-5-14-11/h1,4-5,9,16H,2-3,6-8H2,(H,18,19). The number of piperidine rings is 1. The van der Waals surface area contributed by atoms with E-state index in [-0.39, 0.29) is 29.7 Å². The van der Waals surface area contributed by atoms with Crippen LogP contribution >= 0.6 is 0 Å². The lowest BCUT2D eigenvalue weighted by Gasteiger charge is -2.31. The second kappa shape index (κ2) is 5.79. The monoisotopic (exact) mass is 264 g/mol. The molecule has 1 aromatic rings. The number of nitrogens with zero attached hydrogens (tertiary/aromatic N) is 2. The summed E-state index contributed by atoms with van der Waals surface area (Å²) in [6.45, 7) is 1.06. The third kappa shape index (κ3) is 2.90. The van der Waals surface area contributed by atoms with Gasteiger partial charge in [0.15, 0.2) is 0 Å². The number of likely N-dealkylation sites (tertiary alicyclic amines) is 1. The number of rotatable bonds is 3. The van der Waals surface area contributed by atoms with Crippen molar-refractivity contribution < 1.29 is 19.8 Å². The molecule has 102 valence electrons. The van der Waals surface area contributed by atoms with Crippen molar-refractivity contribution in [3.8, 4) is 0 Å². The Hall–Kier alpha value is -1.95. The van der Waals surface area contributed by atoms with Gasteiger partial charge in [0, 0.05) is 25.9 Å². The molecule has 1 unspecified atom stereocenters. The highest BCUT2D eigenvalue weighted by Crippen LogP contribution is 2.18. The van der Waals surface area contributed by atoms with Crippen molar-refractivity contribution in [2.75, 3.05) is 19.7 Å². The molecule has 0 aromatic carbocycles. The van der Waals surface area contributed by atoms with Crippen LogP contribution in [0.1, 0.15) is 33.7 Å². The van der Waals surface area contributed by atoms with Crippen LogP contribution in [-0.4, -0.2) is 51.7 Å². The lowest BCUT2D eigenvalue weighted by atomic mass is 9.98. The largest absolute Gasteiger partial charge is 0.478 e. The lowest BCUT2D eigenvalue weighted by Crippen LogP contribution is -2.41. The molecule has 1 saturated heterocycles. The first-order chi connectivity index (χ1) is 9.13. The van der Waals surface area contributed by atoms with Crippen molar-refractivity contribution in [2.45, 2.75) is 12.8 Å². The SMILES string of the molecule is O=C(O)c1cccnc1C(=O)N1CCCC(CO)C1. The van der Waals surface area contributed by atoms with Crippen LogP contribution < -0.4 is 0 Å². The highest BCUT2D eigenvalue weighted by atomic mass is 16.4. The average molecular weight is 264 g/mol. The number of carbonyl (C=O) groups is 2. The lowest BCUT2D eigenvalue weighted by molar-refractivity contribution is 0.0596. The molecule has 1 amide bonds. The van der Waals surface area contributed by atoms with Gasteiger partial charge < -0.3 is 15.1 Å². The number of hydrogen-bond acceptors (Lipinski definition) is 4. The minimum atomic E-state index is -1.16. The van der Waals surface area contributed by atoms with Crippen molar-refractivity contribution in [1.82, 2.24) is 9.88 Å². The van der Waals surface area contributed by atoms with Gasteiger partial charge in [0.2, 0.25) is 0 Å². The number of aliphatic hydroxyl groups excluding tert-OH is 1. The van der Waals surface area contributed by atoms with Crippen LogP contribution in [0, 0.1) is 5.92 Å². The minimum Gasteiger partial charge on any atom is -0.478 e. The summed E-state index contributed by atoms with van der Waals surface area (Å²) in [7, 11) is 0. The summed E-state index contributed by atoms with van der Waals surface area (Å²) in [6.07, 6.45) is 3.10. The summed E-state index contributed by atoms with van der Waals surface area (Å²) in [5.41, 5.74) is -0.118. The van der Waals surface area contributed by atoms with Gasteiger partial charge >= 0.3 is 5.97 Å². The van der Waals surface area contributed by atoms with Crippen LogP contribution in [0.15, 0.2) is 18.3 Å². The fourth-order valence-corrected chi connectivity index (χ4v) is 2.30. The van der Waals surface area contributed by atoms with Crippen LogP contribution in [0.3, 0.4) is 0 Å². The first kappa shape index (κ1) is 13.5. The quantitative estimate of drug-likeness (QED) is 0.835. The molecule has 6 nitrogen and oxygen atoms in total. The first-order valence-electron chi connectivity index (χ1n) is 6.22. The molecule has 0 radical (unpaired) electrons. The molecule has 6 heteroatoms. The summed E-state index contributed by atoms with van der Waals surface area (Å²) in [5, 5.41) is 18.2. The van der Waals surface area contributed by atoms with E-state index >= 15 is 0 Å². The Morgan fingerprint density at radius 1 is 1.47 bits per heavy atom. The summed E-state index contributed by atoms with van der Waals surface area (Å²) >= 11 is 0. The van der Waals surface area contributed by atoms with Crippen LogP contribution in [0.5, 0.6) is 0 Å². The van der Waals surface area contributed by atoms with Crippen molar-refractivity contribution in [1.29, 1.82) is 0 Å². The van der Waals surface area contributed by atoms with Gasteiger partial charge in [-0.05, 0) is 30.9 Å². The molecule has 19 heavy (non-hydrogen) atoms. The van der Waals surface area contributed by atoms with E-state index in [0.29, 0.717) is 13.1 Å². The topological polar surface area (TPSA) is 90.7 Å². The third-order valence-corrected chi connectivity index (χ3v) is 3.31. The zero-order chi connectivity index (χ0) is 13.8. The Morgan fingerprint density at radius 2 is 2.26 bits per heavy atom. The molecule has 1 atom stereocenters. The zero-order valence-electron chi connectivity index (χ0n) is 10.5. The molecule has 2 N–H and O–H groups in total. The number of aromatic carboxylic acids is 1. The van der Waals surface area contributed by atoms with Gasteiger partial charge in [-0.1, -0.05) is 0 Å². The van der Waals surface area contributed by atoms with Crippen molar-refractivity contribution in [2.24, 2.45) is 5.92 Å². The van der Waals surface area contributed by atoms with E-state index in [0.717, 1.165) is 12.8 Å². The normalized spacial score (nSPS) is 19.2. The Kier molecular flexibility index (Phi) is 4.11. The predicted octanol–water partition coefficient (Wildman–Crippen LogP) is 0.624. The van der Waals surface area contributed by atoms with E-state index in [1.807, 2.05) is 0 Å². The minimum absolute atomic E-state index is 0.0337. The fraction of sp³-hybridized carbons (Fsp3) is 0.462. The number of amides is 1. The average Bonchev–Trinajstić information content (AvgIpc) is 2.46. The maximum Gasteiger partial charge on any atom is 0.338 e. The number of carboxylic acid groups (broad SMARTS) is 1. The molecular formula is C13H16N2O4. The second-order valence-corrected chi connectivity index (χ2v) is 4.65. The Bertz CT molecular complexity index is 489. The molecule has 0 bridgehead atoms. The van der Waals surface area contributed by atoms with E-state index in [9.17, 15) is 9.59 Å². The van der Waals surface area contributed by atoms with Gasteiger partial charge in [-0.2, -0.15) is 0 Å². The zero-order valence-corrected chi connectivity index (χ0v) is 10.5. The number of aliphatic hydroxyl groups is 1. The van der Waals surface area contributed by atoms with E-state index in [4.69, 9.17) is 10.2 Å². The van der Waals surface area contributed by atoms with Crippen LogP contribution in [0.4, 0.5) is 0 Å². The number of aromatic nitrogens is 1. The molecule has 2 rings (SSSR count). The fourth-order valence-electron chi connectivity index (χ4n) is 2.30. The number of pyridine rings is 1. The summed E-state index contributed by atoms with van der Waals surface area (Å²) in [6, 6.07) is 2.86. The highest BCUT2D eigenvalue weighted by molar-refractivity contribution is 6.03. The number of carbonyl (C=O) groups excluding carboxylic acids is 1. The second-order valence-electron chi connectivity index (χ2n) is 4.65. The highest BCUT2D eigenvalue weighted by Gasteiger charge is 2.27. The van der Waals surface area contributed by atoms with Crippen molar-refractivity contribution in [3.63, 3.8) is 0 Å². The van der Waals surface area contributed by atoms with Gasteiger partial charge in [0.25, 0.3) is 5.91 Å². The maximum absolute atomic E-state index is 12.3. The summed E-state index contributed by atoms with van der Waals surface area (Å²) < 4.78 is 0. The number of hydrogen-bond donors (Lipinski definition) is 2. The predicted molar refractivity (Wildman–Crippen MR) is 66.9 cm³/mol. The van der Waals surface area contributed by atoms with Crippen molar-refractivity contribution >= 4 is 11.9 Å². The van der Waals surface area contributed by atoms with Crippen LogP contribution in [-0.2, 0) is 0 Å². The molecular weight excluding hydrogens is 248 g/mol. The van der Waals surface area contributed by atoms with E-state index in [1.165, 1.54) is 18.3 Å². The van der Waals surface area contributed by atoms with Gasteiger partial charge in [0.05, 0.1) is 5.56 Å². The molecule has 1 fully saturated rings. The van der Waals surface area contributed by atoms with Gasteiger partial charge in [-0.25, -0.2) is 4.79 Å². The molecule has 1 aliphatic rings. The molecule has 0 aliphatic carbocycles. The maximum atomic E-state index is 12.3. The molecule has 1 aromatic heterocycles. The number of carboxylic acids is 1. The Balaban J connectivity index is 2.22. The molecule has 2 heterocycles. The summed E-state index contributed by atoms with van der Waals surface area (Å²) in [5.74, 6) is -1.47. The first-order valence-corrected chi connectivity index (χ1v) is 6.22. The van der Waals surface area contributed by atoms with Gasteiger partial charge in [-0.15, -0.1) is 0 Å². The van der Waals surface area contributed by atoms with Gasteiger partial charge in [-0.3, -0.25) is 9.78 Å². The van der Waals surface area contributed by atoms with Crippen molar-refractivity contribution in [3.05, 3.63) is 29.6 Å². The van der Waals surface area contributed by atoms with E-state index in [2.05, 4.69) is 4.98 Å². The smallest absolute Gasteiger partial charge is 0.338 e. The van der Waals surface area contributed by atoms with Crippen LogP contribution in [0.25, 0.3) is 0 Å². The third-order valence-electron chi connectivity index (χ3n) is 3.31. The molecule has 0 spiro atoms. The van der Waals surface area contributed by atoms with E-state index < -0.39 is 5.97 Å². The van der Waals surface area contributed by atoms with E-state index in [1.54, 1.807) is 4.90 Å². The van der Waals surface area contributed by atoms with Gasteiger partial charge in [0.1, 0.15) is 5.69 Å². The Morgan fingerprint density at radius 3 is 2.95 bits per heavy atom.